The number of nitrogens with zero attached hydrogens (tertiary/aromatic N) is 1. The molecule has 2 bridgehead atoms. The summed E-state index contributed by atoms with van der Waals surface area (Å²) in [7, 11) is 0. The van der Waals surface area contributed by atoms with Crippen molar-refractivity contribution in [3.63, 3.8) is 0 Å². The van der Waals surface area contributed by atoms with E-state index >= 15 is 0 Å². The zero-order valence-electron chi connectivity index (χ0n) is 9.96. The van der Waals surface area contributed by atoms with Crippen LogP contribution >= 0.6 is 0 Å². The van der Waals surface area contributed by atoms with Gasteiger partial charge < -0.3 is 9.84 Å². The zero-order valence-corrected chi connectivity index (χ0v) is 9.96. The standard InChI is InChI=1S/C14H19NO2/c16-14-12-7-15(8-13(14)10-17-9-12)6-11-4-2-1-3-5-11/h1-5,12-14,16H,6-10H2/t12-,13-/m0/s1. The van der Waals surface area contributed by atoms with Crippen LogP contribution in [0, 0.1) is 11.8 Å². The van der Waals surface area contributed by atoms with Gasteiger partial charge in [0.2, 0.25) is 0 Å². The number of aliphatic hydroxyl groups excluding tert-OH is 1. The number of hydrogen-bond donors (Lipinski definition) is 1. The predicted octanol–water partition coefficient (Wildman–Crippen LogP) is 1.13. The molecule has 1 aromatic rings. The van der Waals surface area contributed by atoms with Crippen LogP contribution in [0.15, 0.2) is 30.3 Å². The van der Waals surface area contributed by atoms with Crippen LogP contribution in [0.1, 0.15) is 5.56 Å². The molecule has 2 heterocycles. The lowest BCUT2D eigenvalue weighted by Gasteiger charge is -2.44. The van der Waals surface area contributed by atoms with E-state index in [2.05, 4.69) is 29.2 Å². The van der Waals surface area contributed by atoms with E-state index in [0.717, 1.165) is 19.6 Å². The van der Waals surface area contributed by atoms with E-state index in [1.54, 1.807) is 0 Å². The number of fused-ring (bicyclic) bond motifs is 2. The van der Waals surface area contributed by atoms with Gasteiger partial charge in [0.1, 0.15) is 0 Å². The van der Waals surface area contributed by atoms with Crippen LogP contribution in [0.25, 0.3) is 0 Å². The van der Waals surface area contributed by atoms with Gasteiger partial charge in [0.15, 0.2) is 0 Å². The summed E-state index contributed by atoms with van der Waals surface area (Å²) < 4.78 is 5.52. The molecule has 3 nitrogen and oxygen atoms in total. The van der Waals surface area contributed by atoms with Gasteiger partial charge in [0, 0.05) is 31.5 Å². The third-order valence-electron chi connectivity index (χ3n) is 3.86. The Balaban J connectivity index is 1.66. The van der Waals surface area contributed by atoms with Crippen LogP contribution in [0.4, 0.5) is 0 Å². The minimum Gasteiger partial charge on any atom is -0.392 e. The lowest BCUT2D eigenvalue weighted by Crippen LogP contribution is -2.54. The average molecular weight is 233 g/mol. The third kappa shape index (κ3) is 2.37. The molecule has 1 N–H and O–H groups in total. The van der Waals surface area contributed by atoms with Crippen molar-refractivity contribution in [2.75, 3.05) is 26.3 Å². The highest BCUT2D eigenvalue weighted by atomic mass is 16.5. The van der Waals surface area contributed by atoms with Crippen LogP contribution < -0.4 is 0 Å². The molecule has 0 aliphatic carbocycles. The first-order valence-corrected chi connectivity index (χ1v) is 6.35. The Bertz CT molecular complexity index is 354. The Hall–Kier alpha value is -0.900. The molecule has 2 fully saturated rings. The van der Waals surface area contributed by atoms with E-state index in [-0.39, 0.29) is 6.10 Å². The molecular weight excluding hydrogens is 214 g/mol. The van der Waals surface area contributed by atoms with Crippen LogP contribution in [0.3, 0.4) is 0 Å². The molecule has 92 valence electrons. The molecule has 0 saturated carbocycles. The largest absolute Gasteiger partial charge is 0.392 e. The fourth-order valence-electron chi connectivity index (χ4n) is 2.98. The number of ether oxygens (including phenoxy) is 1. The fraction of sp³-hybridized carbons (Fsp3) is 0.571. The normalized spacial score (nSPS) is 33.6. The number of benzene rings is 1. The molecule has 2 saturated heterocycles. The number of aliphatic hydroxyl groups is 1. The van der Waals surface area contributed by atoms with Crippen LogP contribution in [0.5, 0.6) is 0 Å². The van der Waals surface area contributed by atoms with Gasteiger partial charge in [-0.2, -0.15) is 0 Å². The van der Waals surface area contributed by atoms with Gasteiger partial charge in [-0.1, -0.05) is 30.3 Å². The monoisotopic (exact) mass is 233 g/mol. The van der Waals surface area contributed by atoms with Crippen molar-refractivity contribution < 1.29 is 9.84 Å². The molecule has 0 radical (unpaired) electrons. The molecule has 2 aliphatic heterocycles. The number of hydrogen-bond acceptors (Lipinski definition) is 3. The molecule has 0 amide bonds. The van der Waals surface area contributed by atoms with Crippen molar-refractivity contribution in [1.82, 2.24) is 4.90 Å². The van der Waals surface area contributed by atoms with Crippen molar-refractivity contribution in [2.45, 2.75) is 12.6 Å². The molecule has 1 aromatic carbocycles. The maximum Gasteiger partial charge on any atom is 0.0665 e. The van der Waals surface area contributed by atoms with Crippen molar-refractivity contribution >= 4 is 0 Å². The summed E-state index contributed by atoms with van der Waals surface area (Å²) in [5, 5.41) is 10.1. The Morgan fingerprint density at radius 2 is 1.76 bits per heavy atom. The summed E-state index contributed by atoms with van der Waals surface area (Å²) in [6.45, 7) is 4.31. The molecule has 3 rings (SSSR count). The molecule has 17 heavy (non-hydrogen) atoms. The molecule has 2 atom stereocenters. The highest BCUT2D eigenvalue weighted by Crippen LogP contribution is 2.28. The Morgan fingerprint density at radius 3 is 2.41 bits per heavy atom. The third-order valence-corrected chi connectivity index (χ3v) is 3.86. The Morgan fingerprint density at radius 1 is 1.12 bits per heavy atom. The summed E-state index contributed by atoms with van der Waals surface area (Å²) in [4.78, 5) is 2.44. The number of piperidine rings is 1. The van der Waals surface area contributed by atoms with E-state index in [9.17, 15) is 5.11 Å². The molecule has 0 spiro atoms. The Labute approximate surface area is 102 Å². The first-order valence-electron chi connectivity index (χ1n) is 6.35. The topological polar surface area (TPSA) is 32.7 Å². The number of likely N-dealkylation sites (tertiary alicyclic amines) is 1. The SMILES string of the molecule is OC1[C@@H]2COC[C@@H]1CN(Cc1ccccc1)C2. The zero-order chi connectivity index (χ0) is 11.7. The van der Waals surface area contributed by atoms with Gasteiger partial charge in [0.05, 0.1) is 19.3 Å². The van der Waals surface area contributed by atoms with Crippen molar-refractivity contribution in [1.29, 1.82) is 0 Å². The molecule has 0 aromatic heterocycles. The first-order chi connectivity index (χ1) is 8.33. The van der Waals surface area contributed by atoms with Crippen molar-refractivity contribution in [3.8, 4) is 0 Å². The summed E-state index contributed by atoms with van der Waals surface area (Å²) in [6, 6.07) is 10.5. The lowest BCUT2D eigenvalue weighted by atomic mass is 9.84. The highest BCUT2D eigenvalue weighted by molar-refractivity contribution is 5.14. The minimum atomic E-state index is -0.157. The maximum atomic E-state index is 10.1. The minimum absolute atomic E-state index is 0.157. The maximum absolute atomic E-state index is 10.1. The second kappa shape index (κ2) is 4.77. The average Bonchev–Trinajstić information content (AvgIpc) is 2.32. The van der Waals surface area contributed by atoms with Gasteiger partial charge in [-0.25, -0.2) is 0 Å². The van der Waals surface area contributed by atoms with Gasteiger partial charge in [-0.3, -0.25) is 4.90 Å². The van der Waals surface area contributed by atoms with Gasteiger partial charge in [-0.15, -0.1) is 0 Å². The van der Waals surface area contributed by atoms with Gasteiger partial charge in [-0.05, 0) is 5.56 Å². The summed E-state index contributed by atoms with van der Waals surface area (Å²) >= 11 is 0. The molecule has 0 unspecified atom stereocenters. The van der Waals surface area contributed by atoms with Gasteiger partial charge in [0.25, 0.3) is 0 Å². The van der Waals surface area contributed by atoms with Crippen LogP contribution in [-0.2, 0) is 11.3 Å². The van der Waals surface area contributed by atoms with E-state index in [1.165, 1.54) is 5.56 Å². The lowest BCUT2D eigenvalue weighted by molar-refractivity contribution is -0.125. The highest BCUT2D eigenvalue weighted by Gasteiger charge is 2.38. The molecule has 2 aliphatic rings. The molecular formula is C14H19NO2. The van der Waals surface area contributed by atoms with Crippen molar-refractivity contribution in [2.24, 2.45) is 11.8 Å². The molecule has 3 heteroatoms. The van der Waals surface area contributed by atoms with E-state index in [4.69, 9.17) is 4.74 Å². The van der Waals surface area contributed by atoms with Crippen LogP contribution in [-0.4, -0.2) is 42.4 Å². The summed E-state index contributed by atoms with van der Waals surface area (Å²) in [5.74, 6) is 0.595. The van der Waals surface area contributed by atoms with E-state index in [0.29, 0.717) is 25.0 Å². The van der Waals surface area contributed by atoms with Gasteiger partial charge >= 0.3 is 0 Å². The first kappa shape index (κ1) is 11.2. The number of rotatable bonds is 2. The summed E-state index contributed by atoms with van der Waals surface area (Å²) in [6.07, 6.45) is -0.157. The predicted molar refractivity (Wildman–Crippen MR) is 65.5 cm³/mol. The Kier molecular flexibility index (Phi) is 3.14. The van der Waals surface area contributed by atoms with E-state index in [1.807, 2.05) is 6.07 Å². The fourth-order valence-corrected chi connectivity index (χ4v) is 2.98. The van der Waals surface area contributed by atoms with Crippen LogP contribution in [0.2, 0.25) is 0 Å². The summed E-state index contributed by atoms with van der Waals surface area (Å²) in [5.41, 5.74) is 1.35. The van der Waals surface area contributed by atoms with Crippen molar-refractivity contribution in [3.05, 3.63) is 35.9 Å². The van der Waals surface area contributed by atoms with E-state index < -0.39 is 0 Å². The quantitative estimate of drug-likeness (QED) is 0.831. The second-order valence-electron chi connectivity index (χ2n) is 5.23. The second-order valence-corrected chi connectivity index (χ2v) is 5.23. The smallest absolute Gasteiger partial charge is 0.0665 e.